The van der Waals surface area contributed by atoms with Crippen molar-refractivity contribution in [1.82, 2.24) is 4.98 Å². The van der Waals surface area contributed by atoms with Gasteiger partial charge >= 0.3 is 6.09 Å². The number of carbonyl (C=O) groups is 1. The average molecular weight is 248 g/mol. The molecule has 1 aromatic rings. The smallest absolute Gasteiger partial charge is 0.409 e. The molecule has 7 nitrogen and oxygen atoms in total. The number of nitrogens with zero attached hydrogens (tertiary/aromatic N) is 2. The summed E-state index contributed by atoms with van der Waals surface area (Å²) < 4.78 is 5.22. The SMILES string of the molecule is CSc1nc(OC(N)=O)c(C(N)=NO)s1. The molecule has 1 heterocycles. The van der Waals surface area contributed by atoms with Crippen LogP contribution in [0.1, 0.15) is 4.88 Å². The number of rotatable bonds is 3. The van der Waals surface area contributed by atoms with Gasteiger partial charge in [-0.1, -0.05) is 16.9 Å². The maximum Gasteiger partial charge on any atom is 0.411 e. The number of hydrogen-bond acceptors (Lipinski definition) is 7. The molecule has 0 radical (unpaired) electrons. The van der Waals surface area contributed by atoms with Crippen molar-refractivity contribution < 1.29 is 14.7 Å². The first-order valence-corrected chi connectivity index (χ1v) is 5.62. The molecular formula is C6H8N4O3S2. The second kappa shape index (κ2) is 4.84. The third-order valence-corrected chi connectivity index (χ3v) is 3.33. The molecule has 1 amide bonds. The molecule has 0 saturated carbocycles. The Bertz CT molecular complexity index is 403. The number of thioether (sulfide) groups is 1. The van der Waals surface area contributed by atoms with E-state index in [1.807, 2.05) is 0 Å². The zero-order chi connectivity index (χ0) is 11.4. The summed E-state index contributed by atoms with van der Waals surface area (Å²) >= 11 is 2.48. The van der Waals surface area contributed by atoms with Gasteiger partial charge in [-0.15, -0.1) is 11.3 Å². The first kappa shape index (κ1) is 11.6. The molecule has 82 valence electrons. The highest BCUT2D eigenvalue weighted by Gasteiger charge is 2.17. The monoisotopic (exact) mass is 248 g/mol. The fourth-order valence-electron chi connectivity index (χ4n) is 0.746. The predicted molar refractivity (Wildman–Crippen MR) is 56.6 cm³/mol. The number of oxime groups is 1. The number of primary amides is 1. The summed E-state index contributed by atoms with van der Waals surface area (Å²) in [4.78, 5) is 14.7. The molecule has 0 aliphatic carbocycles. The normalized spacial score (nSPS) is 11.4. The van der Waals surface area contributed by atoms with Gasteiger partial charge in [-0.25, -0.2) is 4.79 Å². The molecule has 0 saturated heterocycles. The zero-order valence-electron chi connectivity index (χ0n) is 7.63. The maximum absolute atomic E-state index is 10.5. The van der Waals surface area contributed by atoms with E-state index in [0.29, 0.717) is 4.34 Å². The van der Waals surface area contributed by atoms with Gasteiger partial charge in [0.1, 0.15) is 4.88 Å². The van der Waals surface area contributed by atoms with E-state index in [0.717, 1.165) is 11.3 Å². The van der Waals surface area contributed by atoms with Gasteiger partial charge in [0.25, 0.3) is 0 Å². The highest BCUT2D eigenvalue weighted by atomic mass is 32.2. The molecule has 0 spiro atoms. The summed E-state index contributed by atoms with van der Waals surface area (Å²) in [5.74, 6) is -0.226. The van der Waals surface area contributed by atoms with E-state index in [1.54, 1.807) is 6.26 Å². The molecule has 0 unspecified atom stereocenters. The van der Waals surface area contributed by atoms with Crippen molar-refractivity contribution in [2.45, 2.75) is 4.34 Å². The van der Waals surface area contributed by atoms with E-state index in [-0.39, 0.29) is 16.6 Å². The summed E-state index contributed by atoms with van der Waals surface area (Å²) in [5, 5.41) is 11.3. The van der Waals surface area contributed by atoms with Crippen LogP contribution in [0.2, 0.25) is 0 Å². The lowest BCUT2D eigenvalue weighted by Crippen LogP contribution is -2.19. The quantitative estimate of drug-likeness (QED) is 0.234. The summed E-state index contributed by atoms with van der Waals surface area (Å²) in [6.07, 6.45) is 0.795. The number of amides is 1. The Morgan fingerprint density at radius 2 is 2.33 bits per heavy atom. The third-order valence-electron chi connectivity index (χ3n) is 1.29. The molecule has 0 bridgehead atoms. The highest BCUT2D eigenvalue weighted by Crippen LogP contribution is 2.30. The second-order valence-corrected chi connectivity index (χ2v) is 4.28. The summed E-state index contributed by atoms with van der Waals surface area (Å²) in [5.41, 5.74) is 10.2. The molecule has 0 fully saturated rings. The number of hydrogen-bond donors (Lipinski definition) is 3. The molecule has 9 heteroatoms. The van der Waals surface area contributed by atoms with Gasteiger partial charge in [-0.2, -0.15) is 4.98 Å². The minimum Gasteiger partial charge on any atom is -0.409 e. The maximum atomic E-state index is 10.5. The standard InChI is InChI=1S/C6H8N4O3S2/c1-14-6-9-4(13-5(8)11)2(15-6)3(7)10-12/h12H,1H3,(H2,7,10)(H2,8,11). The van der Waals surface area contributed by atoms with Gasteiger partial charge in [0, 0.05) is 0 Å². The molecule has 1 aromatic heterocycles. The lowest BCUT2D eigenvalue weighted by Gasteiger charge is -1.98. The second-order valence-electron chi connectivity index (χ2n) is 2.22. The zero-order valence-corrected chi connectivity index (χ0v) is 9.26. The highest BCUT2D eigenvalue weighted by molar-refractivity contribution is 8.00. The van der Waals surface area contributed by atoms with E-state index in [2.05, 4.69) is 14.9 Å². The number of aromatic nitrogens is 1. The molecular weight excluding hydrogens is 240 g/mol. The van der Waals surface area contributed by atoms with Crippen molar-refractivity contribution in [2.75, 3.05) is 6.26 Å². The first-order valence-electron chi connectivity index (χ1n) is 3.58. The molecule has 5 N–H and O–H groups in total. The Morgan fingerprint density at radius 3 is 2.80 bits per heavy atom. The number of carbonyl (C=O) groups excluding carboxylic acids is 1. The van der Waals surface area contributed by atoms with Crippen molar-refractivity contribution in [2.24, 2.45) is 16.6 Å². The van der Waals surface area contributed by atoms with Gasteiger partial charge in [0.15, 0.2) is 10.2 Å². The van der Waals surface area contributed by atoms with E-state index in [4.69, 9.17) is 16.7 Å². The van der Waals surface area contributed by atoms with Gasteiger partial charge in [-0.3, -0.25) is 0 Å². The summed E-state index contributed by atoms with van der Waals surface area (Å²) in [7, 11) is 0. The largest absolute Gasteiger partial charge is 0.411 e. The van der Waals surface area contributed by atoms with Crippen LogP contribution in [-0.4, -0.2) is 28.4 Å². The fourth-order valence-corrected chi connectivity index (χ4v) is 2.13. The van der Waals surface area contributed by atoms with Gasteiger partial charge in [0.2, 0.25) is 5.88 Å². The summed E-state index contributed by atoms with van der Waals surface area (Å²) in [6.45, 7) is 0. The lowest BCUT2D eigenvalue weighted by atomic mass is 10.5. The van der Waals surface area contributed by atoms with Crippen LogP contribution in [0.4, 0.5) is 4.79 Å². The molecule has 0 aromatic carbocycles. The van der Waals surface area contributed by atoms with Gasteiger partial charge in [0.05, 0.1) is 0 Å². The van der Waals surface area contributed by atoms with Crippen molar-refractivity contribution in [3.05, 3.63) is 4.88 Å². The van der Waals surface area contributed by atoms with Gasteiger partial charge < -0.3 is 21.4 Å². The molecule has 15 heavy (non-hydrogen) atoms. The molecule has 0 aliphatic rings. The van der Waals surface area contributed by atoms with E-state index < -0.39 is 6.09 Å². The van der Waals surface area contributed by atoms with Gasteiger partial charge in [-0.05, 0) is 6.26 Å². The summed E-state index contributed by atoms with van der Waals surface area (Å²) in [6, 6.07) is 0. The van der Waals surface area contributed by atoms with E-state index in [1.165, 1.54) is 11.8 Å². The van der Waals surface area contributed by atoms with Crippen LogP contribution in [0.3, 0.4) is 0 Å². The molecule has 0 aliphatic heterocycles. The van der Waals surface area contributed by atoms with Crippen LogP contribution in [0.15, 0.2) is 9.50 Å². The molecule has 1 rings (SSSR count). The Morgan fingerprint density at radius 1 is 1.67 bits per heavy atom. The van der Waals surface area contributed by atoms with Crippen LogP contribution >= 0.6 is 23.1 Å². The van der Waals surface area contributed by atoms with Crippen LogP contribution in [0.5, 0.6) is 5.88 Å². The minimum absolute atomic E-state index is 0.0489. The third kappa shape index (κ3) is 2.73. The van der Waals surface area contributed by atoms with Crippen molar-refractivity contribution in [1.29, 1.82) is 0 Å². The first-order chi connectivity index (χ1) is 7.08. The van der Waals surface area contributed by atoms with E-state index >= 15 is 0 Å². The number of thiazole rings is 1. The number of nitrogens with two attached hydrogens (primary N) is 2. The Hall–Kier alpha value is -1.48. The van der Waals surface area contributed by atoms with Crippen LogP contribution in [0.25, 0.3) is 0 Å². The van der Waals surface area contributed by atoms with Crippen molar-refractivity contribution in [3.63, 3.8) is 0 Å². The minimum atomic E-state index is -1.00. The lowest BCUT2D eigenvalue weighted by molar-refractivity contribution is 0.209. The van der Waals surface area contributed by atoms with E-state index in [9.17, 15) is 4.79 Å². The Labute approximate surface area is 93.1 Å². The average Bonchev–Trinajstić information content (AvgIpc) is 2.59. The topological polar surface area (TPSA) is 124 Å². The Kier molecular flexibility index (Phi) is 3.74. The Balaban J connectivity index is 3.11. The number of ether oxygens (including phenoxy) is 1. The van der Waals surface area contributed by atoms with Crippen LogP contribution in [0, 0.1) is 0 Å². The van der Waals surface area contributed by atoms with Crippen molar-refractivity contribution >= 4 is 35.0 Å². The predicted octanol–water partition coefficient (Wildman–Crippen LogP) is 0.417. The molecule has 0 atom stereocenters. The van der Waals surface area contributed by atoms with Crippen molar-refractivity contribution in [3.8, 4) is 5.88 Å². The van der Waals surface area contributed by atoms with Crippen LogP contribution < -0.4 is 16.2 Å². The number of amidine groups is 1. The fraction of sp³-hybridized carbons (Fsp3) is 0.167. The van der Waals surface area contributed by atoms with Crippen LogP contribution in [-0.2, 0) is 0 Å².